The van der Waals surface area contributed by atoms with Gasteiger partial charge in [0, 0.05) is 15.9 Å². The van der Waals surface area contributed by atoms with Gasteiger partial charge in [-0.1, -0.05) is 0 Å². The Labute approximate surface area is 110 Å². The molecular formula is C12H19BrN2S. The van der Waals surface area contributed by atoms with Gasteiger partial charge in [0.15, 0.2) is 0 Å². The van der Waals surface area contributed by atoms with Crippen molar-refractivity contribution < 1.29 is 0 Å². The van der Waals surface area contributed by atoms with Crippen LogP contribution in [0.3, 0.4) is 0 Å². The average Bonchev–Trinajstić information content (AvgIpc) is 2.72. The van der Waals surface area contributed by atoms with Crippen molar-refractivity contribution in [2.75, 3.05) is 19.6 Å². The van der Waals surface area contributed by atoms with Crippen molar-refractivity contribution in [3.8, 4) is 0 Å². The standard InChI is InChI=1S/C12H19BrN2S/c13-11-4-7-16-12(11)9-15-6-3-10-2-1-5-14-8-10/h4,7,10,14-15H,1-3,5-6,8-9H2. The molecule has 1 saturated heterocycles. The van der Waals surface area contributed by atoms with Crippen LogP contribution in [-0.4, -0.2) is 19.6 Å². The number of piperidine rings is 1. The van der Waals surface area contributed by atoms with E-state index in [0.717, 1.165) is 19.0 Å². The zero-order valence-electron chi connectivity index (χ0n) is 9.47. The third-order valence-electron chi connectivity index (χ3n) is 3.10. The fourth-order valence-corrected chi connectivity index (χ4v) is 3.59. The Kier molecular flexibility index (Phi) is 5.29. The molecule has 90 valence electrons. The molecule has 1 unspecified atom stereocenters. The number of nitrogens with one attached hydrogen (secondary N) is 2. The van der Waals surface area contributed by atoms with Crippen LogP contribution in [0.25, 0.3) is 0 Å². The third-order valence-corrected chi connectivity index (χ3v) is 5.03. The smallest absolute Gasteiger partial charge is 0.0327 e. The van der Waals surface area contributed by atoms with Gasteiger partial charge in [0.1, 0.15) is 0 Å². The van der Waals surface area contributed by atoms with E-state index in [2.05, 4.69) is 38.0 Å². The Balaban J connectivity index is 1.59. The molecule has 2 rings (SSSR count). The Bertz CT molecular complexity index is 308. The topological polar surface area (TPSA) is 24.1 Å². The molecule has 0 aromatic carbocycles. The second kappa shape index (κ2) is 6.74. The highest BCUT2D eigenvalue weighted by molar-refractivity contribution is 9.10. The Morgan fingerprint density at radius 3 is 3.19 bits per heavy atom. The number of halogens is 1. The summed E-state index contributed by atoms with van der Waals surface area (Å²) in [5.74, 6) is 0.882. The SMILES string of the molecule is Brc1ccsc1CNCCC1CCCNC1. The lowest BCUT2D eigenvalue weighted by Gasteiger charge is -2.22. The van der Waals surface area contributed by atoms with Crippen LogP contribution in [0, 0.1) is 5.92 Å². The van der Waals surface area contributed by atoms with E-state index in [1.165, 1.54) is 41.7 Å². The first-order valence-corrected chi connectivity index (χ1v) is 7.67. The van der Waals surface area contributed by atoms with Crippen molar-refractivity contribution in [2.24, 2.45) is 5.92 Å². The van der Waals surface area contributed by atoms with Gasteiger partial charge in [-0.3, -0.25) is 0 Å². The Hall–Kier alpha value is 0.1000. The molecule has 1 aliphatic rings. The van der Waals surface area contributed by atoms with Crippen LogP contribution in [0.4, 0.5) is 0 Å². The summed E-state index contributed by atoms with van der Waals surface area (Å²) in [6.45, 7) is 4.56. The fraction of sp³-hybridized carbons (Fsp3) is 0.667. The zero-order valence-corrected chi connectivity index (χ0v) is 11.9. The second-order valence-electron chi connectivity index (χ2n) is 4.37. The van der Waals surface area contributed by atoms with Gasteiger partial charge in [0.05, 0.1) is 0 Å². The van der Waals surface area contributed by atoms with E-state index in [-0.39, 0.29) is 0 Å². The van der Waals surface area contributed by atoms with Gasteiger partial charge in [-0.05, 0) is 72.2 Å². The number of rotatable bonds is 5. The molecule has 1 atom stereocenters. The van der Waals surface area contributed by atoms with Crippen LogP contribution in [0.15, 0.2) is 15.9 Å². The third kappa shape index (κ3) is 3.84. The maximum absolute atomic E-state index is 3.56. The monoisotopic (exact) mass is 302 g/mol. The highest BCUT2D eigenvalue weighted by Gasteiger charge is 2.11. The largest absolute Gasteiger partial charge is 0.316 e. The zero-order chi connectivity index (χ0) is 11.2. The molecule has 2 heterocycles. The van der Waals surface area contributed by atoms with Crippen molar-refractivity contribution in [3.63, 3.8) is 0 Å². The Morgan fingerprint density at radius 1 is 1.56 bits per heavy atom. The first kappa shape index (κ1) is 12.6. The quantitative estimate of drug-likeness (QED) is 0.817. The highest BCUT2D eigenvalue weighted by Crippen LogP contribution is 2.22. The van der Waals surface area contributed by atoms with Gasteiger partial charge in [0.25, 0.3) is 0 Å². The van der Waals surface area contributed by atoms with Crippen molar-refractivity contribution >= 4 is 27.3 Å². The van der Waals surface area contributed by atoms with Crippen molar-refractivity contribution in [1.82, 2.24) is 10.6 Å². The normalized spacial score (nSPS) is 21.2. The summed E-state index contributed by atoms with van der Waals surface area (Å²) in [6, 6.07) is 2.12. The van der Waals surface area contributed by atoms with E-state index in [0.29, 0.717) is 0 Å². The van der Waals surface area contributed by atoms with Gasteiger partial charge >= 0.3 is 0 Å². The molecule has 16 heavy (non-hydrogen) atoms. The van der Waals surface area contributed by atoms with Crippen molar-refractivity contribution in [2.45, 2.75) is 25.8 Å². The van der Waals surface area contributed by atoms with E-state index < -0.39 is 0 Å². The first-order valence-electron chi connectivity index (χ1n) is 5.99. The fourth-order valence-electron chi connectivity index (χ4n) is 2.13. The van der Waals surface area contributed by atoms with E-state index in [1.54, 1.807) is 0 Å². The molecule has 0 spiro atoms. The van der Waals surface area contributed by atoms with Gasteiger partial charge in [-0.25, -0.2) is 0 Å². The molecule has 0 radical (unpaired) electrons. The lowest BCUT2D eigenvalue weighted by molar-refractivity contribution is 0.352. The molecular weight excluding hydrogens is 284 g/mol. The Morgan fingerprint density at radius 2 is 2.50 bits per heavy atom. The van der Waals surface area contributed by atoms with Gasteiger partial charge in [-0.15, -0.1) is 11.3 Å². The number of hydrogen-bond donors (Lipinski definition) is 2. The van der Waals surface area contributed by atoms with E-state index in [1.807, 2.05) is 11.3 Å². The molecule has 4 heteroatoms. The summed E-state index contributed by atoms with van der Waals surface area (Å²) in [6.07, 6.45) is 4.05. The van der Waals surface area contributed by atoms with Crippen LogP contribution in [0.1, 0.15) is 24.1 Å². The lowest BCUT2D eigenvalue weighted by atomic mass is 9.96. The predicted octanol–water partition coefficient (Wildman–Crippen LogP) is 2.99. The summed E-state index contributed by atoms with van der Waals surface area (Å²) in [4.78, 5) is 1.40. The van der Waals surface area contributed by atoms with Crippen LogP contribution in [0.2, 0.25) is 0 Å². The minimum absolute atomic E-state index is 0.882. The van der Waals surface area contributed by atoms with Crippen molar-refractivity contribution in [1.29, 1.82) is 0 Å². The number of hydrogen-bond acceptors (Lipinski definition) is 3. The summed E-state index contributed by atoms with van der Waals surface area (Å²) < 4.78 is 1.24. The van der Waals surface area contributed by atoms with E-state index in [9.17, 15) is 0 Å². The van der Waals surface area contributed by atoms with Gasteiger partial charge in [0.2, 0.25) is 0 Å². The summed E-state index contributed by atoms with van der Waals surface area (Å²) >= 11 is 5.37. The second-order valence-corrected chi connectivity index (χ2v) is 6.22. The van der Waals surface area contributed by atoms with Gasteiger partial charge in [-0.2, -0.15) is 0 Å². The minimum atomic E-state index is 0.882. The predicted molar refractivity (Wildman–Crippen MR) is 73.9 cm³/mol. The van der Waals surface area contributed by atoms with E-state index >= 15 is 0 Å². The maximum atomic E-state index is 3.56. The molecule has 0 saturated carbocycles. The van der Waals surface area contributed by atoms with Crippen LogP contribution < -0.4 is 10.6 Å². The van der Waals surface area contributed by atoms with Gasteiger partial charge < -0.3 is 10.6 Å². The maximum Gasteiger partial charge on any atom is 0.0327 e. The summed E-state index contributed by atoms with van der Waals surface area (Å²) in [5, 5.41) is 9.12. The molecule has 1 fully saturated rings. The van der Waals surface area contributed by atoms with Crippen LogP contribution >= 0.6 is 27.3 Å². The summed E-state index contributed by atoms with van der Waals surface area (Å²) in [7, 11) is 0. The molecule has 0 amide bonds. The van der Waals surface area contributed by atoms with Crippen molar-refractivity contribution in [3.05, 3.63) is 20.8 Å². The highest BCUT2D eigenvalue weighted by atomic mass is 79.9. The molecule has 1 aliphatic heterocycles. The van der Waals surface area contributed by atoms with E-state index in [4.69, 9.17) is 0 Å². The summed E-state index contributed by atoms with van der Waals surface area (Å²) in [5.41, 5.74) is 0. The van der Waals surface area contributed by atoms with Crippen LogP contribution in [0.5, 0.6) is 0 Å². The van der Waals surface area contributed by atoms with Crippen LogP contribution in [-0.2, 0) is 6.54 Å². The molecule has 1 aromatic rings. The molecule has 2 nitrogen and oxygen atoms in total. The lowest BCUT2D eigenvalue weighted by Crippen LogP contribution is -2.31. The first-order chi connectivity index (χ1) is 7.86. The molecule has 1 aromatic heterocycles. The molecule has 2 N–H and O–H groups in total. The number of thiophene rings is 1. The molecule has 0 aliphatic carbocycles. The minimum Gasteiger partial charge on any atom is -0.316 e. The molecule has 0 bridgehead atoms. The average molecular weight is 303 g/mol.